The lowest BCUT2D eigenvalue weighted by Crippen LogP contribution is -2.29. The molecule has 6 nitrogen and oxygen atoms in total. The highest BCUT2D eigenvalue weighted by molar-refractivity contribution is 6.46. The van der Waals surface area contributed by atoms with E-state index in [1.807, 2.05) is 26.8 Å². The molecule has 1 amide bonds. The molecule has 0 bridgehead atoms. The number of rotatable bonds is 5. The van der Waals surface area contributed by atoms with Crippen molar-refractivity contribution >= 4 is 17.4 Å². The number of methoxy groups -OCH3 is 1. The van der Waals surface area contributed by atoms with Crippen molar-refractivity contribution in [3.8, 4) is 5.75 Å². The number of aliphatic hydroxyl groups excluding tert-OH is 1. The fourth-order valence-electron chi connectivity index (χ4n) is 4.44. The SMILES string of the molecule is COc1ccc(C(C)(C)C)cc1/C(O)=C1\C(=O)C(=O)N(Cc2cccc(C(F)(F)F)c2)C1c1ccccn1. The maximum atomic E-state index is 13.4. The minimum atomic E-state index is -4.57. The largest absolute Gasteiger partial charge is 0.507 e. The zero-order valence-electron chi connectivity index (χ0n) is 21.3. The van der Waals surface area contributed by atoms with Gasteiger partial charge in [-0.25, -0.2) is 0 Å². The number of likely N-dealkylation sites (tertiary alicyclic amines) is 1. The van der Waals surface area contributed by atoms with Crippen molar-refractivity contribution in [3.63, 3.8) is 0 Å². The summed E-state index contributed by atoms with van der Waals surface area (Å²) in [5, 5.41) is 11.5. The van der Waals surface area contributed by atoms with E-state index in [1.165, 1.54) is 25.4 Å². The Hall–Kier alpha value is -4.14. The standard InChI is InChI=1S/C29H27F3N2O4/c1-28(2,3)18-11-12-22(38-4)20(15-18)25(35)23-24(21-10-5-6-13-33-21)34(27(37)26(23)36)16-17-8-7-9-19(14-17)29(30,31)32/h5-15,24,35H,16H2,1-4H3/b25-23+. The maximum Gasteiger partial charge on any atom is 0.416 e. The number of carbonyl (C=O) groups is 2. The fraction of sp³-hybridized carbons (Fsp3) is 0.276. The molecule has 0 spiro atoms. The van der Waals surface area contributed by atoms with E-state index in [2.05, 4.69) is 4.98 Å². The van der Waals surface area contributed by atoms with Crippen LogP contribution in [0.5, 0.6) is 5.75 Å². The number of benzene rings is 2. The molecule has 1 unspecified atom stereocenters. The number of halogens is 3. The van der Waals surface area contributed by atoms with Gasteiger partial charge in [0.25, 0.3) is 11.7 Å². The Balaban J connectivity index is 1.89. The number of amides is 1. The summed E-state index contributed by atoms with van der Waals surface area (Å²) in [5.74, 6) is -2.08. The molecule has 1 aromatic heterocycles. The Kier molecular flexibility index (Phi) is 7.06. The molecule has 4 rings (SSSR count). The molecule has 3 aromatic rings. The summed E-state index contributed by atoms with van der Waals surface area (Å²) in [5.41, 5.74) is 0.151. The topological polar surface area (TPSA) is 79.7 Å². The molecule has 9 heteroatoms. The minimum Gasteiger partial charge on any atom is -0.507 e. The van der Waals surface area contributed by atoms with Crippen LogP contribution in [0.4, 0.5) is 13.2 Å². The third-order valence-corrected chi connectivity index (χ3v) is 6.44. The van der Waals surface area contributed by atoms with Crippen LogP contribution in [-0.2, 0) is 27.7 Å². The predicted molar refractivity (Wildman–Crippen MR) is 135 cm³/mol. The predicted octanol–water partition coefficient (Wildman–Crippen LogP) is 6.03. The van der Waals surface area contributed by atoms with Crippen LogP contribution in [0.2, 0.25) is 0 Å². The Morgan fingerprint density at radius 1 is 1.00 bits per heavy atom. The molecule has 1 fully saturated rings. The van der Waals surface area contributed by atoms with Gasteiger partial charge in [0.2, 0.25) is 0 Å². The van der Waals surface area contributed by atoms with Gasteiger partial charge in [-0.15, -0.1) is 0 Å². The molecule has 0 aliphatic carbocycles. The summed E-state index contributed by atoms with van der Waals surface area (Å²) in [6.45, 7) is 5.66. The van der Waals surface area contributed by atoms with Gasteiger partial charge in [0.1, 0.15) is 17.6 Å². The molecule has 2 heterocycles. The lowest BCUT2D eigenvalue weighted by Gasteiger charge is -2.25. The molecule has 1 aliphatic rings. The summed E-state index contributed by atoms with van der Waals surface area (Å²) < 4.78 is 45.4. The van der Waals surface area contributed by atoms with Gasteiger partial charge in [0, 0.05) is 12.7 Å². The van der Waals surface area contributed by atoms with Gasteiger partial charge in [0.15, 0.2) is 0 Å². The fourth-order valence-corrected chi connectivity index (χ4v) is 4.44. The quantitative estimate of drug-likeness (QED) is 0.251. The monoisotopic (exact) mass is 524 g/mol. The van der Waals surface area contributed by atoms with Crippen LogP contribution >= 0.6 is 0 Å². The highest BCUT2D eigenvalue weighted by atomic mass is 19.4. The number of alkyl halides is 3. The van der Waals surface area contributed by atoms with E-state index in [0.29, 0.717) is 5.75 Å². The number of hydrogen-bond acceptors (Lipinski definition) is 5. The van der Waals surface area contributed by atoms with E-state index in [1.54, 1.807) is 30.3 Å². The second kappa shape index (κ2) is 9.96. The number of aliphatic hydroxyl groups is 1. The number of hydrogen-bond donors (Lipinski definition) is 1. The molecule has 1 saturated heterocycles. The van der Waals surface area contributed by atoms with Crippen molar-refractivity contribution in [2.75, 3.05) is 7.11 Å². The molecule has 1 atom stereocenters. The van der Waals surface area contributed by atoms with E-state index in [9.17, 15) is 27.9 Å². The van der Waals surface area contributed by atoms with Gasteiger partial charge in [-0.2, -0.15) is 13.2 Å². The second-order valence-corrected chi connectivity index (χ2v) is 10.0. The molecular weight excluding hydrogens is 497 g/mol. The third-order valence-electron chi connectivity index (χ3n) is 6.44. The highest BCUT2D eigenvalue weighted by Crippen LogP contribution is 2.42. The van der Waals surface area contributed by atoms with Crippen LogP contribution in [-0.4, -0.2) is 33.8 Å². The molecule has 0 radical (unpaired) electrons. The highest BCUT2D eigenvalue weighted by Gasteiger charge is 2.47. The lowest BCUT2D eigenvalue weighted by atomic mass is 9.85. The zero-order chi connectivity index (χ0) is 27.8. The number of aromatic nitrogens is 1. The summed E-state index contributed by atoms with van der Waals surface area (Å²) in [4.78, 5) is 32.0. The van der Waals surface area contributed by atoms with Crippen LogP contribution in [0.3, 0.4) is 0 Å². The number of ether oxygens (including phenoxy) is 1. The van der Waals surface area contributed by atoms with Gasteiger partial charge in [-0.3, -0.25) is 14.6 Å². The maximum absolute atomic E-state index is 13.4. The van der Waals surface area contributed by atoms with Gasteiger partial charge in [0.05, 0.1) is 29.5 Å². The first-order valence-electron chi connectivity index (χ1n) is 11.9. The molecule has 1 aliphatic heterocycles. The van der Waals surface area contributed by atoms with Crippen molar-refractivity contribution in [1.29, 1.82) is 0 Å². The second-order valence-electron chi connectivity index (χ2n) is 10.0. The zero-order valence-corrected chi connectivity index (χ0v) is 21.3. The lowest BCUT2D eigenvalue weighted by molar-refractivity contribution is -0.140. The molecule has 1 N–H and O–H groups in total. The first-order valence-corrected chi connectivity index (χ1v) is 11.9. The van der Waals surface area contributed by atoms with Crippen LogP contribution in [0.15, 0.2) is 72.4 Å². The Bertz CT molecular complexity index is 1410. The first-order chi connectivity index (χ1) is 17.8. The van der Waals surface area contributed by atoms with Crippen LogP contribution in [0.25, 0.3) is 5.76 Å². The van der Waals surface area contributed by atoms with E-state index >= 15 is 0 Å². The summed E-state index contributed by atoms with van der Waals surface area (Å²) in [6, 6.07) is 13.5. The van der Waals surface area contributed by atoms with Crippen LogP contribution < -0.4 is 4.74 Å². The van der Waals surface area contributed by atoms with Crippen molar-refractivity contribution in [2.24, 2.45) is 0 Å². The normalized spacial score (nSPS) is 17.7. The van der Waals surface area contributed by atoms with E-state index < -0.39 is 35.2 Å². The third kappa shape index (κ3) is 5.14. The molecule has 0 saturated carbocycles. The van der Waals surface area contributed by atoms with Gasteiger partial charge < -0.3 is 14.7 Å². The van der Waals surface area contributed by atoms with E-state index in [0.717, 1.165) is 22.6 Å². The van der Waals surface area contributed by atoms with Crippen LogP contribution in [0, 0.1) is 0 Å². The molecule has 2 aromatic carbocycles. The smallest absolute Gasteiger partial charge is 0.416 e. The van der Waals surface area contributed by atoms with E-state index in [4.69, 9.17) is 4.74 Å². The summed E-state index contributed by atoms with van der Waals surface area (Å²) in [6.07, 6.45) is -3.10. The minimum absolute atomic E-state index is 0.176. The Labute approximate surface area is 218 Å². The Morgan fingerprint density at radius 3 is 2.34 bits per heavy atom. The van der Waals surface area contributed by atoms with Crippen LogP contribution in [0.1, 0.15) is 54.8 Å². The average molecular weight is 525 g/mol. The van der Waals surface area contributed by atoms with Crippen molar-refractivity contribution in [1.82, 2.24) is 9.88 Å². The molecular formula is C29H27F3N2O4. The van der Waals surface area contributed by atoms with Gasteiger partial charge >= 0.3 is 6.18 Å². The Morgan fingerprint density at radius 2 is 1.74 bits per heavy atom. The van der Waals surface area contributed by atoms with Crippen molar-refractivity contribution < 1.29 is 32.6 Å². The van der Waals surface area contributed by atoms with E-state index in [-0.39, 0.29) is 34.4 Å². The van der Waals surface area contributed by atoms with Gasteiger partial charge in [-0.1, -0.05) is 45.0 Å². The van der Waals surface area contributed by atoms with Gasteiger partial charge in [-0.05, 0) is 52.9 Å². The average Bonchev–Trinajstić information content (AvgIpc) is 3.12. The summed E-state index contributed by atoms with van der Waals surface area (Å²) >= 11 is 0. The summed E-state index contributed by atoms with van der Waals surface area (Å²) in [7, 11) is 1.42. The first kappa shape index (κ1) is 26.9. The number of Topliss-reactive ketones (excluding diaryl/α,β-unsaturated/α-hetero) is 1. The van der Waals surface area contributed by atoms with Crippen molar-refractivity contribution in [3.05, 3.63) is 100 Å². The number of pyridine rings is 1. The molecule has 38 heavy (non-hydrogen) atoms. The number of nitrogens with zero attached hydrogens (tertiary/aromatic N) is 2. The van der Waals surface area contributed by atoms with Crippen molar-refractivity contribution in [2.45, 2.75) is 44.9 Å². The molecule has 198 valence electrons. The number of carbonyl (C=O) groups excluding carboxylic acids is 2. The number of ketones is 1.